The lowest BCUT2D eigenvalue weighted by Crippen LogP contribution is -2.49. The number of benzene rings is 1. The lowest BCUT2D eigenvalue weighted by atomic mass is 9.61. The Balaban J connectivity index is 1.74. The average molecular weight is 380 g/mol. The maximum atomic E-state index is 13.2. The van der Waals surface area contributed by atoms with Crippen molar-refractivity contribution in [1.82, 2.24) is 9.55 Å². The Morgan fingerprint density at radius 2 is 1.96 bits per heavy atom. The topological polar surface area (TPSA) is 38.0 Å². The molecular formula is C20H20F4N2O. The van der Waals surface area contributed by atoms with Crippen LogP contribution in [0.1, 0.15) is 31.9 Å². The van der Waals surface area contributed by atoms with Crippen molar-refractivity contribution in [2.24, 2.45) is 11.3 Å². The number of nitrogens with zero attached hydrogens (tertiary/aromatic N) is 2. The Bertz CT molecular complexity index is 884. The zero-order chi connectivity index (χ0) is 19.4. The molecule has 144 valence electrons. The molecule has 1 saturated carbocycles. The predicted molar refractivity (Wildman–Crippen MR) is 93.1 cm³/mol. The van der Waals surface area contributed by atoms with Crippen LogP contribution in [-0.2, 0) is 6.54 Å². The third-order valence-electron chi connectivity index (χ3n) is 6.04. The first kappa shape index (κ1) is 18.2. The maximum absolute atomic E-state index is 13.2. The van der Waals surface area contributed by atoms with E-state index in [4.69, 9.17) is 0 Å². The van der Waals surface area contributed by atoms with Crippen LogP contribution in [0.3, 0.4) is 0 Å². The summed E-state index contributed by atoms with van der Waals surface area (Å²) < 4.78 is 54.6. The Kier molecular flexibility index (Phi) is 4.18. The SMILES string of the molecule is C[C@]12Cn3cnc(-c4ccc(F)cc4)c3C=C1CCC[C@@H]2[C@@H](O)C(F)(F)F. The van der Waals surface area contributed by atoms with Gasteiger partial charge in [0.05, 0.1) is 17.7 Å². The van der Waals surface area contributed by atoms with E-state index in [0.717, 1.165) is 16.8 Å². The van der Waals surface area contributed by atoms with Gasteiger partial charge in [0.15, 0.2) is 6.10 Å². The minimum atomic E-state index is -4.63. The van der Waals surface area contributed by atoms with E-state index in [9.17, 15) is 22.7 Å². The summed E-state index contributed by atoms with van der Waals surface area (Å²) in [5.74, 6) is -1.23. The number of aliphatic hydroxyl groups excluding tert-OH is 1. The number of halogens is 4. The molecule has 1 aliphatic heterocycles. The van der Waals surface area contributed by atoms with E-state index in [1.54, 1.807) is 25.4 Å². The molecule has 0 spiro atoms. The van der Waals surface area contributed by atoms with E-state index < -0.39 is 23.6 Å². The Labute approximate surface area is 154 Å². The van der Waals surface area contributed by atoms with Crippen LogP contribution in [0.4, 0.5) is 17.6 Å². The molecule has 3 atom stereocenters. The van der Waals surface area contributed by atoms with Crippen LogP contribution in [0, 0.1) is 17.2 Å². The van der Waals surface area contributed by atoms with E-state index in [1.165, 1.54) is 12.1 Å². The highest BCUT2D eigenvalue weighted by atomic mass is 19.4. The van der Waals surface area contributed by atoms with Crippen molar-refractivity contribution in [3.8, 4) is 11.3 Å². The van der Waals surface area contributed by atoms with Crippen molar-refractivity contribution in [3.63, 3.8) is 0 Å². The summed E-state index contributed by atoms with van der Waals surface area (Å²) in [6.07, 6.45) is -1.81. The summed E-state index contributed by atoms with van der Waals surface area (Å²) in [5.41, 5.74) is 2.40. The summed E-state index contributed by atoms with van der Waals surface area (Å²) in [6.45, 7) is 2.14. The molecule has 0 bridgehead atoms. The quantitative estimate of drug-likeness (QED) is 0.759. The second kappa shape index (κ2) is 6.19. The standard InChI is InChI=1S/C20H20F4N2O/c1-19-10-26-11-25-17(12-5-7-14(21)8-6-12)16(26)9-13(19)3-2-4-15(19)18(27)20(22,23)24/h5-9,11,15,18,27H,2-4,10H2,1H3/t15-,18-,19+/m1/s1. The highest BCUT2D eigenvalue weighted by Gasteiger charge is 2.53. The summed E-state index contributed by atoms with van der Waals surface area (Å²) in [7, 11) is 0. The number of hydrogen-bond acceptors (Lipinski definition) is 2. The minimum Gasteiger partial charge on any atom is -0.383 e. The minimum absolute atomic E-state index is 0.334. The van der Waals surface area contributed by atoms with Crippen LogP contribution in [0.5, 0.6) is 0 Å². The average Bonchev–Trinajstić information content (AvgIpc) is 3.00. The van der Waals surface area contributed by atoms with Gasteiger partial charge in [-0.05, 0) is 49.6 Å². The molecule has 0 saturated heterocycles. The van der Waals surface area contributed by atoms with Crippen molar-refractivity contribution < 1.29 is 22.7 Å². The molecule has 27 heavy (non-hydrogen) atoms. The van der Waals surface area contributed by atoms with Gasteiger partial charge in [0.2, 0.25) is 0 Å². The molecule has 7 heteroatoms. The van der Waals surface area contributed by atoms with Crippen molar-refractivity contribution in [1.29, 1.82) is 0 Å². The van der Waals surface area contributed by atoms with Gasteiger partial charge in [-0.15, -0.1) is 0 Å². The molecule has 1 aromatic carbocycles. The van der Waals surface area contributed by atoms with Gasteiger partial charge in [-0.1, -0.05) is 12.5 Å². The third kappa shape index (κ3) is 2.98. The van der Waals surface area contributed by atoms with Crippen LogP contribution in [0.2, 0.25) is 0 Å². The molecule has 2 aliphatic rings. The molecule has 0 unspecified atom stereocenters. The monoisotopic (exact) mass is 380 g/mol. The van der Waals surface area contributed by atoms with Gasteiger partial charge in [0.25, 0.3) is 0 Å². The molecule has 1 fully saturated rings. The van der Waals surface area contributed by atoms with Crippen LogP contribution >= 0.6 is 0 Å². The summed E-state index contributed by atoms with van der Waals surface area (Å²) in [5, 5.41) is 9.96. The molecule has 2 heterocycles. The lowest BCUT2D eigenvalue weighted by Gasteiger charge is -2.48. The first-order chi connectivity index (χ1) is 12.7. The fourth-order valence-corrected chi connectivity index (χ4v) is 4.56. The maximum Gasteiger partial charge on any atom is 0.414 e. The summed E-state index contributed by atoms with van der Waals surface area (Å²) >= 11 is 0. The zero-order valence-electron chi connectivity index (χ0n) is 14.8. The summed E-state index contributed by atoms with van der Waals surface area (Å²) in [6, 6.07) is 6.00. The van der Waals surface area contributed by atoms with E-state index >= 15 is 0 Å². The fraction of sp³-hybridized carbons (Fsp3) is 0.450. The molecule has 3 nitrogen and oxygen atoms in total. The third-order valence-corrected chi connectivity index (χ3v) is 6.04. The number of aliphatic hydroxyl groups is 1. The van der Waals surface area contributed by atoms with Crippen LogP contribution in [0.15, 0.2) is 36.2 Å². The van der Waals surface area contributed by atoms with Crippen molar-refractivity contribution in [2.75, 3.05) is 0 Å². The van der Waals surface area contributed by atoms with Crippen LogP contribution < -0.4 is 0 Å². The number of imidazole rings is 1. The molecular weight excluding hydrogens is 360 g/mol. The number of rotatable bonds is 2. The largest absolute Gasteiger partial charge is 0.414 e. The zero-order valence-corrected chi connectivity index (χ0v) is 14.8. The molecule has 4 rings (SSSR count). The second-order valence-corrected chi connectivity index (χ2v) is 7.69. The second-order valence-electron chi connectivity index (χ2n) is 7.69. The first-order valence-corrected chi connectivity index (χ1v) is 8.97. The van der Waals surface area contributed by atoms with Crippen molar-refractivity contribution >= 4 is 6.08 Å². The summed E-state index contributed by atoms with van der Waals surface area (Å²) in [4.78, 5) is 4.42. The lowest BCUT2D eigenvalue weighted by molar-refractivity contribution is -0.232. The van der Waals surface area contributed by atoms with Gasteiger partial charge in [-0.25, -0.2) is 9.37 Å². The molecule has 1 aromatic heterocycles. The van der Waals surface area contributed by atoms with E-state index in [0.29, 0.717) is 31.5 Å². The Hall–Kier alpha value is -2.15. The Morgan fingerprint density at radius 3 is 2.63 bits per heavy atom. The van der Waals surface area contributed by atoms with E-state index in [2.05, 4.69) is 4.98 Å². The number of aromatic nitrogens is 2. The molecule has 1 N–H and O–H groups in total. The smallest absolute Gasteiger partial charge is 0.383 e. The van der Waals surface area contributed by atoms with Gasteiger partial charge < -0.3 is 9.67 Å². The normalized spacial score (nSPS) is 26.1. The van der Waals surface area contributed by atoms with Crippen LogP contribution in [0.25, 0.3) is 17.3 Å². The highest BCUT2D eigenvalue weighted by Crippen LogP contribution is 2.53. The first-order valence-electron chi connectivity index (χ1n) is 8.97. The number of hydrogen-bond donors (Lipinski definition) is 1. The molecule has 0 radical (unpaired) electrons. The van der Waals surface area contributed by atoms with Crippen molar-refractivity contribution in [2.45, 2.75) is 45.0 Å². The molecule has 0 amide bonds. The predicted octanol–water partition coefficient (Wildman–Crippen LogP) is 4.82. The van der Waals surface area contributed by atoms with Gasteiger partial charge >= 0.3 is 6.18 Å². The number of fused-ring (bicyclic) bond motifs is 2. The fourth-order valence-electron chi connectivity index (χ4n) is 4.56. The van der Waals surface area contributed by atoms with Crippen LogP contribution in [-0.4, -0.2) is 26.9 Å². The van der Waals surface area contributed by atoms with E-state index in [1.807, 2.05) is 10.6 Å². The van der Waals surface area contributed by atoms with E-state index in [-0.39, 0.29) is 5.82 Å². The highest BCUT2D eigenvalue weighted by molar-refractivity contribution is 5.72. The van der Waals surface area contributed by atoms with Crippen molar-refractivity contribution in [3.05, 3.63) is 47.7 Å². The Morgan fingerprint density at radius 1 is 1.26 bits per heavy atom. The number of alkyl halides is 3. The van der Waals surface area contributed by atoms with Gasteiger partial charge in [-0.2, -0.15) is 13.2 Å². The van der Waals surface area contributed by atoms with Gasteiger partial charge in [0.1, 0.15) is 5.82 Å². The number of allylic oxidation sites excluding steroid dienone is 1. The molecule has 1 aliphatic carbocycles. The molecule has 2 aromatic rings. The van der Waals surface area contributed by atoms with Gasteiger partial charge in [-0.3, -0.25) is 0 Å². The van der Waals surface area contributed by atoms with Gasteiger partial charge in [0, 0.05) is 23.4 Å².